The fourth-order valence-corrected chi connectivity index (χ4v) is 5.45. The highest BCUT2D eigenvalue weighted by Gasteiger charge is 2.40. The molecule has 178 valence electrons. The summed E-state index contributed by atoms with van der Waals surface area (Å²) in [6.45, 7) is 1.93. The molecule has 34 heavy (non-hydrogen) atoms. The molecule has 3 aliphatic rings. The summed E-state index contributed by atoms with van der Waals surface area (Å²) in [5.41, 5.74) is 1.75. The number of amides is 4. The number of nitrogens with zero attached hydrogens (tertiary/aromatic N) is 3. The molecule has 3 aliphatic heterocycles. The fraction of sp³-hybridized carbons (Fsp3) is 0.440. The Morgan fingerprint density at radius 1 is 1.06 bits per heavy atom. The predicted octanol–water partition coefficient (Wildman–Crippen LogP) is 1.70. The molecule has 0 radical (unpaired) electrons. The summed E-state index contributed by atoms with van der Waals surface area (Å²) >= 11 is 0. The second kappa shape index (κ2) is 8.96. The fourth-order valence-electron chi connectivity index (χ4n) is 5.45. The highest BCUT2D eigenvalue weighted by molar-refractivity contribution is 6.04. The number of hydrogen-bond acceptors (Lipinski definition) is 5. The normalized spacial score (nSPS) is 23.5. The summed E-state index contributed by atoms with van der Waals surface area (Å²) in [6.07, 6.45) is 1.41. The van der Waals surface area contributed by atoms with Gasteiger partial charge in [0.2, 0.25) is 5.91 Å². The minimum Gasteiger partial charge on any atom is -0.496 e. The Morgan fingerprint density at radius 3 is 2.71 bits per heavy atom. The Bertz CT molecular complexity index is 1190. The molecule has 0 unspecified atom stereocenters. The van der Waals surface area contributed by atoms with Gasteiger partial charge in [-0.25, -0.2) is 4.79 Å². The molecule has 4 amide bonds. The number of carbonyl (C=O) groups is 3. The number of pyridine rings is 1. The van der Waals surface area contributed by atoms with Gasteiger partial charge in [0, 0.05) is 49.3 Å². The molecule has 4 heterocycles. The first-order valence-electron chi connectivity index (χ1n) is 11.7. The van der Waals surface area contributed by atoms with Gasteiger partial charge in [-0.2, -0.15) is 0 Å². The first-order valence-corrected chi connectivity index (χ1v) is 11.7. The molecule has 2 aromatic rings. The molecule has 1 aromatic heterocycles. The lowest BCUT2D eigenvalue weighted by atomic mass is 9.83. The molecule has 9 nitrogen and oxygen atoms in total. The molecule has 5 rings (SSSR count). The van der Waals surface area contributed by atoms with Crippen LogP contribution in [0.5, 0.6) is 5.75 Å². The van der Waals surface area contributed by atoms with Crippen molar-refractivity contribution in [2.24, 2.45) is 5.92 Å². The van der Waals surface area contributed by atoms with Gasteiger partial charge in [0.1, 0.15) is 11.8 Å². The molecule has 2 saturated heterocycles. The van der Waals surface area contributed by atoms with Crippen molar-refractivity contribution in [3.63, 3.8) is 0 Å². The molecule has 0 spiro atoms. The van der Waals surface area contributed by atoms with E-state index in [-0.39, 0.29) is 48.6 Å². The van der Waals surface area contributed by atoms with E-state index in [1.54, 1.807) is 25.3 Å². The number of piperidine rings is 1. The van der Waals surface area contributed by atoms with Crippen LogP contribution in [-0.2, 0) is 22.7 Å². The largest absolute Gasteiger partial charge is 0.496 e. The van der Waals surface area contributed by atoms with Crippen LogP contribution in [-0.4, -0.2) is 58.5 Å². The van der Waals surface area contributed by atoms with Crippen molar-refractivity contribution in [2.45, 2.75) is 44.3 Å². The van der Waals surface area contributed by atoms with Crippen LogP contribution in [0.25, 0.3) is 0 Å². The number of likely N-dealkylation sites (tertiary alicyclic amines) is 1. The zero-order valence-electron chi connectivity index (χ0n) is 19.1. The summed E-state index contributed by atoms with van der Waals surface area (Å²) < 4.78 is 7.16. The van der Waals surface area contributed by atoms with E-state index < -0.39 is 12.1 Å². The van der Waals surface area contributed by atoms with Gasteiger partial charge in [-0.1, -0.05) is 24.3 Å². The van der Waals surface area contributed by atoms with E-state index in [0.717, 1.165) is 17.7 Å². The Balaban J connectivity index is 1.20. The molecule has 1 aromatic carbocycles. The summed E-state index contributed by atoms with van der Waals surface area (Å²) in [5.74, 6) is 0.661. The van der Waals surface area contributed by atoms with Crippen LogP contribution in [0, 0.1) is 5.92 Å². The first kappa shape index (κ1) is 22.2. The predicted molar refractivity (Wildman–Crippen MR) is 123 cm³/mol. The number of benzene rings is 1. The summed E-state index contributed by atoms with van der Waals surface area (Å²) in [7, 11) is 1.55. The van der Waals surface area contributed by atoms with Crippen LogP contribution in [0.4, 0.5) is 4.79 Å². The molecule has 2 fully saturated rings. The smallest absolute Gasteiger partial charge is 0.325 e. The zero-order valence-corrected chi connectivity index (χ0v) is 19.1. The van der Waals surface area contributed by atoms with E-state index in [2.05, 4.69) is 5.32 Å². The highest BCUT2D eigenvalue weighted by atomic mass is 16.5. The van der Waals surface area contributed by atoms with Gasteiger partial charge in [0.05, 0.1) is 13.7 Å². The molecule has 1 N–H and O–H groups in total. The van der Waals surface area contributed by atoms with Crippen molar-refractivity contribution >= 4 is 17.8 Å². The van der Waals surface area contributed by atoms with E-state index in [0.29, 0.717) is 25.4 Å². The maximum Gasteiger partial charge on any atom is 0.325 e. The second-order valence-corrected chi connectivity index (χ2v) is 9.27. The maximum atomic E-state index is 13.0. The number of imide groups is 1. The first-order chi connectivity index (χ1) is 16.4. The van der Waals surface area contributed by atoms with Gasteiger partial charge in [0.25, 0.3) is 11.5 Å². The number of methoxy groups -OCH3 is 1. The number of rotatable bonds is 6. The standard InChI is InChI=1S/C25H28N4O5/c1-34-21-7-3-2-5-17(21)15-29-24(32)19(26-25(29)33)9-10-22(30)27-12-16-11-18(14-27)20-6-4-8-23(31)28(20)13-16/h2-8,16,18-19H,9-15H2,1H3,(H,26,33)/t16-,18+,19+/m1/s1. The highest BCUT2D eigenvalue weighted by Crippen LogP contribution is 2.35. The summed E-state index contributed by atoms with van der Waals surface area (Å²) in [5, 5.41) is 2.72. The molecular formula is C25H28N4O5. The van der Waals surface area contributed by atoms with Crippen molar-refractivity contribution in [3.8, 4) is 5.75 Å². The Morgan fingerprint density at radius 2 is 1.88 bits per heavy atom. The number of para-hydroxylation sites is 1. The number of ether oxygens (including phenoxy) is 1. The van der Waals surface area contributed by atoms with Gasteiger partial charge in [-0.05, 0) is 30.9 Å². The third-order valence-electron chi connectivity index (χ3n) is 7.11. The SMILES string of the molecule is COc1ccccc1CN1C(=O)N[C@@H](CCC(=O)N2C[C@H]3C[C@@H](C2)c2cccc(=O)n2C3)C1=O. The molecule has 9 heteroatoms. The number of hydrogen-bond donors (Lipinski definition) is 1. The third kappa shape index (κ3) is 4.06. The quantitative estimate of drug-likeness (QED) is 0.656. The monoisotopic (exact) mass is 464 g/mol. The second-order valence-electron chi connectivity index (χ2n) is 9.27. The third-order valence-corrected chi connectivity index (χ3v) is 7.11. The lowest BCUT2D eigenvalue weighted by Crippen LogP contribution is -2.49. The van der Waals surface area contributed by atoms with Crippen molar-refractivity contribution < 1.29 is 19.1 Å². The number of fused-ring (bicyclic) bond motifs is 4. The van der Waals surface area contributed by atoms with E-state index >= 15 is 0 Å². The minimum atomic E-state index is -0.713. The van der Waals surface area contributed by atoms with E-state index in [9.17, 15) is 19.2 Å². The average molecular weight is 465 g/mol. The van der Waals surface area contributed by atoms with Crippen LogP contribution < -0.4 is 15.6 Å². The minimum absolute atomic E-state index is 0.0140. The maximum absolute atomic E-state index is 13.0. The number of nitrogens with one attached hydrogen (secondary N) is 1. The number of carbonyl (C=O) groups excluding carboxylic acids is 3. The number of urea groups is 1. The van der Waals surface area contributed by atoms with Crippen molar-refractivity contribution in [3.05, 3.63) is 64.1 Å². The van der Waals surface area contributed by atoms with Gasteiger partial charge in [0.15, 0.2) is 0 Å². The molecule has 2 bridgehead atoms. The van der Waals surface area contributed by atoms with Crippen LogP contribution in [0.3, 0.4) is 0 Å². The zero-order chi connectivity index (χ0) is 23.8. The van der Waals surface area contributed by atoms with E-state index in [1.165, 1.54) is 4.90 Å². The van der Waals surface area contributed by atoms with E-state index in [4.69, 9.17) is 4.74 Å². The topological polar surface area (TPSA) is 101 Å². The van der Waals surface area contributed by atoms with E-state index in [1.807, 2.05) is 33.7 Å². The van der Waals surface area contributed by atoms with Gasteiger partial charge in [-0.3, -0.25) is 19.3 Å². The Labute approximate surface area is 197 Å². The lowest BCUT2D eigenvalue weighted by molar-refractivity contribution is -0.134. The Kier molecular flexibility index (Phi) is 5.85. The van der Waals surface area contributed by atoms with Crippen LogP contribution in [0.15, 0.2) is 47.3 Å². The van der Waals surface area contributed by atoms with Gasteiger partial charge >= 0.3 is 6.03 Å². The van der Waals surface area contributed by atoms with Crippen LogP contribution in [0.2, 0.25) is 0 Å². The van der Waals surface area contributed by atoms with Crippen LogP contribution in [0.1, 0.15) is 36.4 Å². The van der Waals surface area contributed by atoms with Crippen molar-refractivity contribution in [1.29, 1.82) is 0 Å². The van der Waals surface area contributed by atoms with Gasteiger partial charge < -0.3 is 19.5 Å². The lowest BCUT2D eigenvalue weighted by Gasteiger charge is -2.42. The molecule has 3 atom stereocenters. The number of aromatic nitrogens is 1. The van der Waals surface area contributed by atoms with Crippen LogP contribution >= 0.6 is 0 Å². The molecule has 0 saturated carbocycles. The Hall–Kier alpha value is -3.62. The summed E-state index contributed by atoms with van der Waals surface area (Å²) in [6, 6.07) is 11.4. The molecular weight excluding hydrogens is 436 g/mol. The average Bonchev–Trinajstić information content (AvgIpc) is 3.11. The van der Waals surface area contributed by atoms with Gasteiger partial charge in [-0.15, -0.1) is 0 Å². The van der Waals surface area contributed by atoms with Crippen molar-refractivity contribution in [1.82, 2.24) is 19.7 Å². The summed E-state index contributed by atoms with van der Waals surface area (Å²) in [4.78, 5) is 53.6. The van der Waals surface area contributed by atoms with Crippen molar-refractivity contribution in [2.75, 3.05) is 20.2 Å². The molecule has 0 aliphatic carbocycles.